The molecule has 3 aromatic rings. The van der Waals surface area contributed by atoms with E-state index in [4.69, 9.17) is 0 Å². The van der Waals surface area contributed by atoms with E-state index in [-0.39, 0.29) is 6.04 Å². The molecule has 28 heavy (non-hydrogen) atoms. The van der Waals surface area contributed by atoms with Gasteiger partial charge in [0, 0.05) is 15.1 Å². The van der Waals surface area contributed by atoms with Gasteiger partial charge in [0.2, 0.25) is 7.29 Å². The molecular weight excluding hydrogens is 429 g/mol. The number of rotatable bonds is 8. The number of hydrogen-bond donors (Lipinski definition) is 1. The van der Waals surface area contributed by atoms with Gasteiger partial charge in [-0.1, -0.05) is 90.0 Å². The minimum absolute atomic E-state index is 0.147. The molecule has 0 aromatic heterocycles. The SMILES string of the molecule is CCC/C=C/C(NP(=O)(c1ccccc1)c1ccccc1)c1ccc(Br)cc1. The Kier molecular flexibility index (Phi) is 7.44. The van der Waals surface area contributed by atoms with Crippen molar-refractivity contribution >= 4 is 33.8 Å². The van der Waals surface area contributed by atoms with Crippen LogP contribution in [-0.4, -0.2) is 0 Å². The first-order chi connectivity index (χ1) is 13.6. The van der Waals surface area contributed by atoms with Crippen molar-refractivity contribution in [2.45, 2.75) is 25.8 Å². The maximum absolute atomic E-state index is 14.3. The molecule has 0 heterocycles. The van der Waals surface area contributed by atoms with Crippen LogP contribution in [0.1, 0.15) is 31.4 Å². The first-order valence-electron chi connectivity index (χ1n) is 9.54. The van der Waals surface area contributed by atoms with Crippen LogP contribution < -0.4 is 15.7 Å². The van der Waals surface area contributed by atoms with Crippen LogP contribution in [0, 0.1) is 0 Å². The van der Waals surface area contributed by atoms with E-state index in [0.717, 1.165) is 33.5 Å². The van der Waals surface area contributed by atoms with E-state index in [1.165, 1.54) is 0 Å². The average Bonchev–Trinajstić information content (AvgIpc) is 2.75. The van der Waals surface area contributed by atoms with E-state index in [2.05, 4.69) is 52.2 Å². The molecule has 1 unspecified atom stereocenters. The predicted octanol–water partition coefficient (Wildman–Crippen LogP) is 6.37. The van der Waals surface area contributed by atoms with E-state index < -0.39 is 7.29 Å². The van der Waals surface area contributed by atoms with Gasteiger partial charge in [-0.3, -0.25) is 4.57 Å². The summed E-state index contributed by atoms with van der Waals surface area (Å²) < 4.78 is 15.4. The van der Waals surface area contributed by atoms with Crippen molar-refractivity contribution in [2.24, 2.45) is 0 Å². The smallest absolute Gasteiger partial charge is 0.205 e. The van der Waals surface area contributed by atoms with E-state index in [1.807, 2.05) is 72.8 Å². The zero-order chi connectivity index (χ0) is 19.8. The number of halogens is 1. The van der Waals surface area contributed by atoms with Crippen molar-refractivity contribution < 1.29 is 4.57 Å². The second-order valence-corrected chi connectivity index (χ2v) is 10.1. The molecule has 0 amide bonds. The van der Waals surface area contributed by atoms with E-state index in [1.54, 1.807) is 0 Å². The van der Waals surface area contributed by atoms with Gasteiger partial charge in [0.1, 0.15) is 0 Å². The first kappa shape index (κ1) is 20.8. The Morgan fingerprint density at radius 3 is 1.93 bits per heavy atom. The molecule has 3 aromatic carbocycles. The molecule has 144 valence electrons. The van der Waals surface area contributed by atoms with Gasteiger partial charge in [0.15, 0.2) is 0 Å². The van der Waals surface area contributed by atoms with Crippen molar-refractivity contribution in [1.82, 2.24) is 5.09 Å². The van der Waals surface area contributed by atoms with Gasteiger partial charge >= 0.3 is 0 Å². The van der Waals surface area contributed by atoms with Crippen LogP contribution in [0.3, 0.4) is 0 Å². The normalized spacial score (nSPS) is 12.9. The second-order valence-electron chi connectivity index (χ2n) is 6.66. The van der Waals surface area contributed by atoms with Gasteiger partial charge < -0.3 is 0 Å². The van der Waals surface area contributed by atoms with Gasteiger partial charge in [0.05, 0.1) is 6.04 Å². The Labute approximate surface area is 176 Å². The molecule has 2 nitrogen and oxygen atoms in total. The van der Waals surface area contributed by atoms with Crippen LogP contribution in [-0.2, 0) is 4.57 Å². The fourth-order valence-corrected chi connectivity index (χ4v) is 5.74. The van der Waals surface area contributed by atoms with Gasteiger partial charge in [-0.2, -0.15) is 0 Å². The van der Waals surface area contributed by atoms with Crippen molar-refractivity contribution in [3.63, 3.8) is 0 Å². The molecule has 0 aliphatic rings. The minimum atomic E-state index is -3.02. The Morgan fingerprint density at radius 1 is 0.893 bits per heavy atom. The quantitative estimate of drug-likeness (QED) is 0.317. The van der Waals surface area contributed by atoms with Gasteiger partial charge in [-0.15, -0.1) is 0 Å². The molecule has 0 spiro atoms. The summed E-state index contributed by atoms with van der Waals surface area (Å²) in [5.74, 6) is 0. The Balaban J connectivity index is 2.05. The Bertz CT molecular complexity index is 896. The standard InChI is InChI=1S/C24H25BrNOP/c1-2-3-6-15-24(20-16-18-21(25)19-17-20)26-28(27,22-11-7-4-8-12-22)23-13-9-5-10-14-23/h4-19,24H,2-3H2,1H3,(H,26,27)/b15-6+. The highest BCUT2D eigenvalue weighted by Crippen LogP contribution is 2.42. The fraction of sp³-hybridized carbons (Fsp3) is 0.167. The third kappa shape index (κ3) is 5.11. The number of hydrogen-bond acceptors (Lipinski definition) is 1. The van der Waals surface area contributed by atoms with Crippen LogP contribution in [0.4, 0.5) is 0 Å². The lowest BCUT2D eigenvalue weighted by Gasteiger charge is -2.26. The van der Waals surface area contributed by atoms with Gasteiger partial charge in [-0.05, 0) is 48.4 Å². The molecule has 0 aliphatic heterocycles. The third-order valence-corrected chi connectivity index (χ3v) is 7.79. The number of allylic oxidation sites excluding steroid dienone is 1. The lowest BCUT2D eigenvalue weighted by atomic mass is 10.1. The van der Waals surface area contributed by atoms with Crippen LogP contribution in [0.2, 0.25) is 0 Å². The zero-order valence-electron chi connectivity index (χ0n) is 16.0. The summed E-state index contributed by atoms with van der Waals surface area (Å²) in [6.07, 6.45) is 6.37. The van der Waals surface area contributed by atoms with E-state index in [9.17, 15) is 4.57 Å². The number of benzene rings is 3. The first-order valence-corrected chi connectivity index (χ1v) is 12.0. The summed E-state index contributed by atoms with van der Waals surface area (Å²) in [6, 6.07) is 27.4. The highest BCUT2D eigenvalue weighted by atomic mass is 79.9. The predicted molar refractivity (Wildman–Crippen MR) is 124 cm³/mol. The molecule has 0 aliphatic carbocycles. The Morgan fingerprint density at radius 2 is 1.43 bits per heavy atom. The molecule has 0 saturated carbocycles. The average molecular weight is 454 g/mol. The monoisotopic (exact) mass is 453 g/mol. The van der Waals surface area contributed by atoms with Gasteiger partial charge in [-0.25, -0.2) is 5.09 Å². The number of nitrogens with one attached hydrogen (secondary N) is 1. The zero-order valence-corrected chi connectivity index (χ0v) is 18.4. The maximum Gasteiger partial charge on any atom is 0.205 e. The van der Waals surface area contributed by atoms with Crippen molar-refractivity contribution in [2.75, 3.05) is 0 Å². The highest BCUT2D eigenvalue weighted by molar-refractivity contribution is 9.10. The molecule has 1 atom stereocenters. The maximum atomic E-state index is 14.3. The topological polar surface area (TPSA) is 29.1 Å². The molecule has 4 heteroatoms. The van der Waals surface area contributed by atoms with Gasteiger partial charge in [0.25, 0.3) is 0 Å². The largest absolute Gasteiger partial charge is 0.296 e. The van der Waals surface area contributed by atoms with Crippen LogP contribution in [0.15, 0.2) is 102 Å². The van der Waals surface area contributed by atoms with E-state index in [0.29, 0.717) is 0 Å². The molecule has 0 saturated heterocycles. The number of unbranched alkanes of at least 4 members (excludes halogenated alkanes) is 1. The summed E-state index contributed by atoms with van der Waals surface area (Å²) in [4.78, 5) is 0. The van der Waals surface area contributed by atoms with Crippen LogP contribution in [0.5, 0.6) is 0 Å². The molecule has 3 rings (SSSR count). The molecule has 0 fully saturated rings. The molecule has 0 radical (unpaired) electrons. The summed E-state index contributed by atoms with van der Waals surface area (Å²) in [5.41, 5.74) is 1.09. The van der Waals surface area contributed by atoms with Crippen LogP contribution >= 0.6 is 23.2 Å². The lowest BCUT2D eigenvalue weighted by molar-refractivity contribution is 0.573. The van der Waals surface area contributed by atoms with Crippen molar-refractivity contribution in [1.29, 1.82) is 0 Å². The third-order valence-electron chi connectivity index (χ3n) is 4.57. The highest BCUT2D eigenvalue weighted by Gasteiger charge is 2.29. The fourth-order valence-electron chi connectivity index (χ4n) is 3.07. The lowest BCUT2D eigenvalue weighted by Crippen LogP contribution is -2.30. The second kappa shape index (κ2) is 10.0. The molecule has 0 bridgehead atoms. The Hall–Kier alpha value is -1.93. The molecule has 1 N–H and O–H groups in total. The van der Waals surface area contributed by atoms with E-state index >= 15 is 0 Å². The summed E-state index contributed by atoms with van der Waals surface area (Å²) in [5, 5.41) is 5.14. The summed E-state index contributed by atoms with van der Waals surface area (Å²) in [7, 11) is -3.02. The molecular formula is C24H25BrNOP. The summed E-state index contributed by atoms with van der Waals surface area (Å²) in [6.45, 7) is 2.16. The van der Waals surface area contributed by atoms with Crippen LogP contribution in [0.25, 0.3) is 0 Å². The van der Waals surface area contributed by atoms with Crippen molar-refractivity contribution in [3.05, 3.63) is 107 Å². The summed E-state index contributed by atoms with van der Waals surface area (Å²) >= 11 is 3.50. The van der Waals surface area contributed by atoms with Crippen molar-refractivity contribution in [3.8, 4) is 0 Å². The minimum Gasteiger partial charge on any atom is -0.296 e.